The summed E-state index contributed by atoms with van der Waals surface area (Å²) >= 11 is 0. The second-order valence-electron chi connectivity index (χ2n) is 17.7. The molecule has 0 saturated heterocycles. The Bertz CT molecular complexity index is 4060. The standard InChI is InChI=1S/C62H38/c1-35-15-19-39(20-16-35)57-53-33-51-46-27-26-44(37-9-4-3-5-10-37)31-48(46)49-29-42-11-6-7-12-43(42)30-50(49)52(51)34-54(53)58(40-21-17-36(2)18-22-40)62-55-32-45-14-8-13-38-23-24-41-25-28-47(61(57)62)60(55)59(41)56(38)45/h3-34H,1-2H3. The molecule has 1 aliphatic carbocycles. The van der Waals surface area contributed by atoms with Crippen LogP contribution >= 0.6 is 0 Å². The summed E-state index contributed by atoms with van der Waals surface area (Å²) in [6, 6.07) is 74.1. The summed E-state index contributed by atoms with van der Waals surface area (Å²) in [6.45, 7) is 4.39. The van der Waals surface area contributed by atoms with E-state index in [9.17, 15) is 0 Å². The van der Waals surface area contributed by atoms with Gasteiger partial charge in [0.2, 0.25) is 0 Å². The zero-order valence-corrected chi connectivity index (χ0v) is 34.5. The van der Waals surface area contributed by atoms with Crippen LogP contribution in [0.3, 0.4) is 0 Å². The molecule has 0 saturated carbocycles. The predicted molar refractivity (Wildman–Crippen MR) is 268 cm³/mol. The topological polar surface area (TPSA) is 0 Å². The van der Waals surface area contributed by atoms with Crippen molar-refractivity contribution in [3.8, 4) is 55.6 Å². The molecule has 0 aromatic heterocycles. The molecule has 0 unspecified atom stereocenters. The number of fused-ring (bicyclic) bond motifs is 11. The first-order valence-electron chi connectivity index (χ1n) is 21.8. The maximum Gasteiger partial charge on any atom is -0.000719 e. The Morgan fingerprint density at radius 3 is 1.39 bits per heavy atom. The van der Waals surface area contributed by atoms with Crippen molar-refractivity contribution >= 4 is 86.2 Å². The average molecular weight is 783 g/mol. The fourth-order valence-electron chi connectivity index (χ4n) is 11.3. The lowest BCUT2D eigenvalue weighted by Gasteiger charge is -2.22. The highest BCUT2D eigenvalue weighted by molar-refractivity contribution is 6.37. The van der Waals surface area contributed by atoms with E-state index in [0.29, 0.717) is 0 Å². The zero-order valence-electron chi connectivity index (χ0n) is 34.5. The number of aryl methyl sites for hydroxylation is 2. The minimum absolute atomic E-state index is 1.23. The van der Waals surface area contributed by atoms with Gasteiger partial charge >= 0.3 is 0 Å². The first kappa shape index (κ1) is 34.0. The number of hydrogen-bond acceptors (Lipinski definition) is 0. The Kier molecular flexibility index (Phi) is 6.78. The van der Waals surface area contributed by atoms with Crippen LogP contribution in [-0.4, -0.2) is 0 Å². The number of benzene rings is 13. The van der Waals surface area contributed by atoms with Gasteiger partial charge in [-0.3, -0.25) is 0 Å². The molecular formula is C62H38. The lowest BCUT2D eigenvalue weighted by molar-refractivity contribution is 1.47. The minimum Gasteiger partial charge on any atom is -0.0622 e. The van der Waals surface area contributed by atoms with Crippen LogP contribution in [0.1, 0.15) is 11.1 Å². The maximum atomic E-state index is 2.57. The van der Waals surface area contributed by atoms with Gasteiger partial charge < -0.3 is 0 Å². The fourth-order valence-corrected chi connectivity index (χ4v) is 11.3. The van der Waals surface area contributed by atoms with E-state index in [1.54, 1.807) is 0 Å². The van der Waals surface area contributed by atoms with Gasteiger partial charge in [-0.1, -0.05) is 169 Å². The molecule has 0 aliphatic heterocycles. The van der Waals surface area contributed by atoms with E-state index in [0.717, 1.165) is 0 Å². The Morgan fingerprint density at radius 2 is 0.726 bits per heavy atom. The maximum absolute atomic E-state index is 2.57. The first-order valence-corrected chi connectivity index (χ1v) is 21.8. The van der Waals surface area contributed by atoms with Gasteiger partial charge in [0.05, 0.1) is 0 Å². The third kappa shape index (κ3) is 4.61. The monoisotopic (exact) mass is 782 g/mol. The van der Waals surface area contributed by atoms with Gasteiger partial charge in [-0.15, -0.1) is 0 Å². The van der Waals surface area contributed by atoms with Gasteiger partial charge in [-0.2, -0.15) is 0 Å². The summed E-state index contributed by atoms with van der Waals surface area (Å²) in [4.78, 5) is 0. The second kappa shape index (κ2) is 12.4. The predicted octanol–water partition coefficient (Wildman–Crippen LogP) is 17.6. The molecule has 0 nitrogen and oxygen atoms in total. The molecule has 14 rings (SSSR count). The molecule has 0 bridgehead atoms. The summed E-state index contributed by atoms with van der Waals surface area (Å²) in [5.74, 6) is 0. The van der Waals surface area contributed by atoms with Gasteiger partial charge in [0.1, 0.15) is 0 Å². The summed E-state index contributed by atoms with van der Waals surface area (Å²) in [5, 5.41) is 20.8. The molecule has 62 heavy (non-hydrogen) atoms. The molecule has 0 N–H and O–H groups in total. The minimum atomic E-state index is 1.23. The van der Waals surface area contributed by atoms with Crippen molar-refractivity contribution in [3.05, 3.63) is 205 Å². The van der Waals surface area contributed by atoms with Crippen molar-refractivity contribution in [2.24, 2.45) is 0 Å². The highest BCUT2D eigenvalue weighted by Crippen LogP contribution is 2.60. The normalized spacial score (nSPS) is 12.4. The van der Waals surface area contributed by atoms with Crippen molar-refractivity contribution in [1.82, 2.24) is 0 Å². The zero-order chi connectivity index (χ0) is 40.8. The van der Waals surface area contributed by atoms with Crippen molar-refractivity contribution in [1.29, 1.82) is 0 Å². The van der Waals surface area contributed by atoms with E-state index in [4.69, 9.17) is 0 Å². The van der Waals surface area contributed by atoms with E-state index in [1.807, 2.05) is 0 Å². The van der Waals surface area contributed by atoms with Crippen LogP contribution < -0.4 is 0 Å². The molecule has 286 valence electrons. The Labute approximate surface area is 359 Å². The molecule has 0 heterocycles. The van der Waals surface area contributed by atoms with E-state index in [-0.39, 0.29) is 0 Å². The lowest BCUT2D eigenvalue weighted by Crippen LogP contribution is -1.95. The molecule has 0 atom stereocenters. The third-order valence-corrected chi connectivity index (χ3v) is 14.2. The van der Waals surface area contributed by atoms with E-state index in [1.165, 1.54) is 153 Å². The van der Waals surface area contributed by atoms with Crippen LogP contribution in [0.15, 0.2) is 194 Å². The van der Waals surface area contributed by atoms with Crippen LogP contribution in [-0.2, 0) is 0 Å². The summed E-state index contributed by atoms with van der Waals surface area (Å²) in [7, 11) is 0. The van der Waals surface area contributed by atoms with Crippen molar-refractivity contribution in [2.75, 3.05) is 0 Å². The Morgan fingerprint density at radius 1 is 0.226 bits per heavy atom. The van der Waals surface area contributed by atoms with Crippen LogP contribution in [0.5, 0.6) is 0 Å². The fraction of sp³-hybridized carbons (Fsp3) is 0.0323. The Balaban J connectivity index is 1.23. The molecule has 0 heteroatoms. The molecule has 13 aromatic carbocycles. The van der Waals surface area contributed by atoms with E-state index < -0.39 is 0 Å². The molecular weight excluding hydrogens is 745 g/mol. The molecule has 13 aromatic rings. The highest BCUT2D eigenvalue weighted by atomic mass is 14.3. The SMILES string of the molecule is Cc1ccc(-c2c3c(c(-c4ccc(C)cc4)c4cc5c6cc7ccccc7cc6c6cc(-c7ccccc7)ccc6c5cc24)-c2cc4cccc5ccc6ccc-3c2c6c54)cc1. The van der Waals surface area contributed by atoms with Gasteiger partial charge in [0.25, 0.3) is 0 Å². The molecule has 0 spiro atoms. The van der Waals surface area contributed by atoms with Crippen molar-refractivity contribution < 1.29 is 0 Å². The Hall–Kier alpha value is -7.80. The van der Waals surface area contributed by atoms with Crippen LogP contribution in [0.2, 0.25) is 0 Å². The largest absolute Gasteiger partial charge is 0.0622 e. The van der Waals surface area contributed by atoms with Gasteiger partial charge in [-0.25, -0.2) is 0 Å². The van der Waals surface area contributed by atoms with Crippen LogP contribution in [0, 0.1) is 13.8 Å². The quantitative estimate of drug-likeness (QED) is 0.124. The summed E-state index contributed by atoms with van der Waals surface area (Å²) in [6.07, 6.45) is 0. The molecule has 0 radical (unpaired) electrons. The van der Waals surface area contributed by atoms with Crippen LogP contribution in [0.4, 0.5) is 0 Å². The molecule has 0 fully saturated rings. The average Bonchev–Trinajstić information content (AvgIpc) is 3.64. The van der Waals surface area contributed by atoms with Gasteiger partial charge in [0, 0.05) is 0 Å². The molecule has 0 amide bonds. The first-order chi connectivity index (χ1) is 30.6. The van der Waals surface area contributed by atoms with Gasteiger partial charge in [-0.05, 0) is 192 Å². The lowest BCUT2D eigenvalue weighted by atomic mass is 9.80. The van der Waals surface area contributed by atoms with E-state index in [2.05, 4.69) is 208 Å². The van der Waals surface area contributed by atoms with Crippen molar-refractivity contribution in [3.63, 3.8) is 0 Å². The van der Waals surface area contributed by atoms with Crippen molar-refractivity contribution in [2.45, 2.75) is 13.8 Å². The third-order valence-electron chi connectivity index (χ3n) is 14.2. The summed E-state index contributed by atoms with van der Waals surface area (Å²) < 4.78 is 0. The smallest absolute Gasteiger partial charge is 0.000719 e. The summed E-state index contributed by atoms with van der Waals surface area (Å²) in [5.41, 5.74) is 15.4. The molecule has 1 aliphatic rings. The number of rotatable bonds is 3. The van der Waals surface area contributed by atoms with E-state index >= 15 is 0 Å². The highest BCUT2D eigenvalue weighted by Gasteiger charge is 2.32. The number of hydrogen-bond donors (Lipinski definition) is 0. The van der Waals surface area contributed by atoms with Gasteiger partial charge in [0.15, 0.2) is 0 Å². The van der Waals surface area contributed by atoms with Crippen LogP contribution in [0.25, 0.3) is 142 Å². The second-order valence-corrected chi connectivity index (χ2v) is 17.7.